The molecule has 2 nitrogen and oxygen atoms in total. The van der Waals surface area contributed by atoms with Crippen molar-refractivity contribution in [2.45, 2.75) is 38.4 Å². The van der Waals surface area contributed by atoms with Crippen LogP contribution in [-0.2, 0) is 6.18 Å². The molecular formula is C15H20ClF3N2. The van der Waals surface area contributed by atoms with E-state index in [1.807, 2.05) is 4.90 Å². The van der Waals surface area contributed by atoms with E-state index in [1.165, 1.54) is 6.07 Å². The highest BCUT2D eigenvalue weighted by atomic mass is 35.5. The minimum absolute atomic E-state index is 0.129. The lowest BCUT2D eigenvalue weighted by atomic mass is 10.1. The van der Waals surface area contributed by atoms with Crippen LogP contribution in [0.2, 0.25) is 5.02 Å². The molecule has 1 N–H and O–H groups in total. The number of rotatable bonds is 3. The molecule has 1 aliphatic rings. The number of anilines is 1. The molecule has 1 fully saturated rings. The highest BCUT2D eigenvalue weighted by Crippen LogP contribution is 2.34. The molecule has 0 amide bonds. The van der Waals surface area contributed by atoms with E-state index >= 15 is 0 Å². The predicted molar refractivity (Wildman–Crippen MR) is 80.0 cm³/mol. The maximum absolute atomic E-state index is 12.9. The van der Waals surface area contributed by atoms with Crippen LogP contribution in [0.4, 0.5) is 18.9 Å². The number of nitrogens with zero attached hydrogens (tertiary/aromatic N) is 1. The van der Waals surface area contributed by atoms with Crippen LogP contribution in [-0.4, -0.2) is 25.7 Å². The third kappa shape index (κ3) is 4.51. The van der Waals surface area contributed by atoms with Gasteiger partial charge in [-0.15, -0.1) is 0 Å². The lowest BCUT2D eigenvalue weighted by molar-refractivity contribution is -0.137. The second kappa shape index (κ2) is 6.88. The van der Waals surface area contributed by atoms with Gasteiger partial charge in [0.15, 0.2) is 0 Å². The smallest absolute Gasteiger partial charge is 0.370 e. The van der Waals surface area contributed by atoms with E-state index in [2.05, 4.69) is 12.2 Å². The Bertz CT molecular complexity index is 476. The Balaban J connectivity index is 2.25. The van der Waals surface area contributed by atoms with Crippen molar-refractivity contribution in [3.05, 3.63) is 28.8 Å². The maximum Gasteiger partial charge on any atom is 0.416 e. The first-order valence-corrected chi connectivity index (χ1v) is 7.64. The molecule has 1 aromatic rings. The lowest BCUT2D eigenvalue weighted by Crippen LogP contribution is -2.37. The molecule has 1 heterocycles. The Morgan fingerprint density at radius 3 is 2.76 bits per heavy atom. The third-order valence-electron chi connectivity index (χ3n) is 3.69. The summed E-state index contributed by atoms with van der Waals surface area (Å²) in [5, 5.41) is 3.57. The van der Waals surface area contributed by atoms with E-state index in [1.54, 1.807) is 6.07 Å². The molecule has 1 aliphatic heterocycles. The first kappa shape index (κ1) is 16.4. The molecule has 1 saturated heterocycles. The average molecular weight is 321 g/mol. The van der Waals surface area contributed by atoms with Crippen LogP contribution in [0.1, 0.15) is 31.7 Å². The molecule has 0 aliphatic carbocycles. The topological polar surface area (TPSA) is 15.3 Å². The van der Waals surface area contributed by atoms with Gasteiger partial charge < -0.3 is 10.2 Å². The van der Waals surface area contributed by atoms with Gasteiger partial charge in [0.1, 0.15) is 0 Å². The van der Waals surface area contributed by atoms with E-state index in [9.17, 15) is 13.2 Å². The van der Waals surface area contributed by atoms with Crippen LogP contribution in [0.3, 0.4) is 0 Å². The van der Waals surface area contributed by atoms with Crippen LogP contribution in [0.5, 0.6) is 0 Å². The summed E-state index contributed by atoms with van der Waals surface area (Å²) in [6, 6.07) is 4.10. The number of halogens is 4. The molecule has 0 saturated carbocycles. The number of nitrogens with one attached hydrogen (secondary N) is 1. The zero-order valence-electron chi connectivity index (χ0n) is 12.0. The minimum atomic E-state index is -4.37. The van der Waals surface area contributed by atoms with Gasteiger partial charge in [0.25, 0.3) is 0 Å². The Labute approximate surface area is 128 Å². The van der Waals surface area contributed by atoms with Crippen molar-refractivity contribution in [2.75, 3.05) is 24.5 Å². The third-order valence-corrected chi connectivity index (χ3v) is 3.91. The zero-order valence-corrected chi connectivity index (χ0v) is 12.8. The summed E-state index contributed by atoms with van der Waals surface area (Å²) in [7, 11) is 0. The normalized spacial score (nSPS) is 20.4. The van der Waals surface area contributed by atoms with E-state index in [0.29, 0.717) is 18.3 Å². The molecule has 0 aromatic heterocycles. The summed E-state index contributed by atoms with van der Waals surface area (Å²) in [6.45, 7) is 4.46. The van der Waals surface area contributed by atoms with Crippen LogP contribution in [0, 0.1) is 0 Å². The summed E-state index contributed by atoms with van der Waals surface area (Å²) in [4.78, 5) is 2.00. The summed E-state index contributed by atoms with van der Waals surface area (Å²) in [6.07, 6.45) is -1.39. The minimum Gasteiger partial charge on any atom is -0.370 e. The van der Waals surface area contributed by atoms with Gasteiger partial charge in [0, 0.05) is 29.8 Å². The fourth-order valence-electron chi connectivity index (χ4n) is 2.69. The van der Waals surface area contributed by atoms with Crippen LogP contribution >= 0.6 is 11.6 Å². The molecule has 6 heteroatoms. The van der Waals surface area contributed by atoms with E-state index in [0.717, 1.165) is 38.4 Å². The first-order chi connectivity index (χ1) is 9.90. The second-order valence-corrected chi connectivity index (χ2v) is 5.87. The highest BCUT2D eigenvalue weighted by Gasteiger charge is 2.32. The molecule has 0 bridgehead atoms. The van der Waals surface area contributed by atoms with Crippen molar-refractivity contribution in [1.82, 2.24) is 5.32 Å². The van der Waals surface area contributed by atoms with Crippen molar-refractivity contribution in [3.8, 4) is 0 Å². The molecule has 0 spiro atoms. The van der Waals surface area contributed by atoms with Gasteiger partial charge in [-0.25, -0.2) is 0 Å². The molecule has 1 aromatic carbocycles. The molecule has 118 valence electrons. The van der Waals surface area contributed by atoms with Gasteiger partial charge in [0.2, 0.25) is 0 Å². The first-order valence-electron chi connectivity index (χ1n) is 7.26. The number of benzene rings is 1. The van der Waals surface area contributed by atoms with Crippen LogP contribution < -0.4 is 10.2 Å². The van der Waals surface area contributed by atoms with Gasteiger partial charge in [-0.1, -0.05) is 24.9 Å². The predicted octanol–water partition coefficient (Wildman–Crippen LogP) is 4.33. The monoisotopic (exact) mass is 320 g/mol. The van der Waals surface area contributed by atoms with Crippen molar-refractivity contribution in [1.29, 1.82) is 0 Å². The SMILES string of the molecule is CCCC1CN(c2cc(Cl)cc(C(F)(F)F)c2)CCCN1. The van der Waals surface area contributed by atoms with E-state index in [-0.39, 0.29) is 5.02 Å². The fraction of sp³-hybridized carbons (Fsp3) is 0.600. The fourth-order valence-corrected chi connectivity index (χ4v) is 2.92. The summed E-state index contributed by atoms with van der Waals surface area (Å²) in [5.41, 5.74) is -0.131. The van der Waals surface area contributed by atoms with Gasteiger partial charge >= 0.3 is 6.18 Å². The number of hydrogen-bond donors (Lipinski definition) is 1. The summed E-state index contributed by atoms with van der Waals surface area (Å²) in [5.74, 6) is 0. The van der Waals surface area contributed by atoms with E-state index < -0.39 is 11.7 Å². The molecular weight excluding hydrogens is 301 g/mol. The Morgan fingerprint density at radius 1 is 1.33 bits per heavy atom. The van der Waals surface area contributed by atoms with Crippen molar-refractivity contribution in [2.24, 2.45) is 0 Å². The van der Waals surface area contributed by atoms with Gasteiger partial charge in [-0.2, -0.15) is 13.2 Å². The van der Waals surface area contributed by atoms with Crippen LogP contribution in [0.25, 0.3) is 0 Å². The molecule has 2 rings (SSSR count). The molecule has 21 heavy (non-hydrogen) atoms. The van der Waals surface area contributed by atoms with Crippen molar-refractivity contribution in [3.63, 3.8) is 0 Å². The highest BCUT2D eigenvalue weighted by molar-refractivity contribution is 6.30. The lowest BCUT2D eigenvalue weighted by Gasteiger charge is -2.27. The summed E-state index contributed by atoms with van der Waals surface area (Å²) >= 11 is 5.87. The Kier molecular flexibility index (Phi) is 5.38. The van der Waals surface area contributed by atoms with Gasteiger partial charge in [-0.05, 0) is 37.6 Å². The quantitative estimate of drug-likeness (QED) is 0.892. The average Bonchev–Trinajstić information content (AvgIpc) is 2.63. The molecule has 0 radical (unpaired) electrons. The van der Waals surface area contributed by atoms with Crippen molar-refractivity contribution >= 4 is 17.3 Å². The molecule has 1 atom stereocenters. The zero-order chi connectivity index (χ0) is 15.5. The molecule has 1 unspecified atom stereocenters. The van der Waals surface area contributed by atoms with Crippen molar-refractivity contribution < 1.29 is 13.2 Å². The van der Waals surface area contributed by atoms with Gasteiger partial charge in [-0.3, -0.25) is 0 Å². The van der Waals surface area contributed by atoms with Crippen LogP contribution in [0.15, 0.2) is 18.2 Å². The Hall–Kier alpha value is -0.940. The Morgan fingerprint density at radius 2 is 2.10 bits per heavy atom. The maximum atomic E-state index is 12.9. The van der Waals surface area contributed by atoms with E-state index in [4.69, 9.17) is 11.6 Å². The number of hydrogen-bond acceptors (Lipinski definition) is 2. The standard InChI is InChI=1S/C15H20ClF3N2/c1-2-4-13-10-21(6-3-5-20-13)14-8-11(15(17,18)19)7-12(16)9-14/h7-9,13,20H,2-6,10H2,1H3. The van der Waals surface area contributed by atoms with Gasteiger partial charge in [0.05, 0.1) is 5.56 Å². The largest absolute Gasteiger partial charge is 0.416 e. The summed E-state index contributed by atoms with van der Waals surface area (Å²) < 4.78 is 38.7. The second-order valence-electron chi connectivity index (χ2n) is 5.44. The number of alkyl halides is 3.